The maximum absolute atomic E-state index is 12.5. The van der Waals surface area contributed by atoms with Crippen molar-refractivity contribution in [1.82, 2.24) is 14.8 Å². The third-order valence-corrected chi connectivity index (χ3v) is 5.22. The molecule has 0 fully saturated rings. The molecular formula is C22H18N4O3S. The third kappa shape index (κ3) is 4.28. The molecule has 0 saturated carbocycles. The molecule has 30 heavy (non-hydrogen) atoms. The van der Waals surface area contributed by atoms with E-state index in [9.17, 15) is 9.59 Å². The molecule has 0 saturated heterocycles. The SMILES string of the molecule is Cc1ncsc1C(=O)OCC(=O)Nc1cc(-c2ccccc2)nn1-c1ccccc1. The Morgan fingerprint density at radius 2 is 1.77 bits per heavy atom. The molecule has 2 aromatic carbocycles. The van der Waals surface area contributed by atoms with Gasteiger partial charge in [0.25, 0.3) is 5.91 Å². The van der Waals surface area contributed by atoms with Crippen molar-refractivity contribution in [2.75, 3.05) is 11.9 Å². The summed E-state index contributed by atoms with van der Waals surface area (Å²) in [6, 6.07) is 20.9. The molecule has 4 aromatic rings. The standard InChI is InChI=1S/C22H18N4O3S/c1-15-21(30-14-23-15)22(28)29-13-20(27)24-19-12-18(16-8-4-2-5-9-16)25-26(19)17-10-6-3-7-11-17/h2-12,14H,13H2,1H3,(H,24,27). The number of nitrogens with zero attached hydrogens (tertiary/aromatic N) is 3. The fraction of sp³-hybridized carbons (Fsp3) is 0.0909. The van der Waals surface area contributed by atoms with Crippen LogP contribution in [0.4, 0.5) is 5.82 Å². The molecule has 0 atom stereocenters. The van der Waals surface area contributed by atoms with Crippen LogP contribution in [-0.2, 0) is 9.53 Å². The first-order chi connectivity index (χ1) is 14.6. The maximum atomic E-state index is 12.5. The number of ether oxygens (including phenoxy) is 1. The number of esters is 1. The molecule has 0 bridgehead atoms. The number of hydrogen-bond donors (Lipinski definition) is 1. The van der Waals surface area contributed by atoms with Crippen LogP contribution in [0.1, 0.15) is 15.4 Å². The van der Waals surface area contributed by atoms with Crippen LogP contribution in [0.15, 0.2) is 72.2 Å². The van der Waals surface area contributed by atoms with E-state index >= 15 is 0 Å². The predicted molar refractivity (Wildman–Crippen MR) is 115 cm³/mol. The van der Waals surface area contributed by atoms with E-state index in [0.717, 1.165) is 11.3 Å². The Hall–Kier alpha value is -3.78. The number of benzene rings is 2. The van der Waals surface area contributed by atoms with E-state index in [4.69, 9.17) is 4.74 Å². The zero-order valence-corrected chi connectivity index (χ0v) is 16.9. The molecule has 1 N–H and O–H groups in total. The smallest absolute Gasteiger partial charge is 0.350 e. The van der Waals surface area contributed by atoms with Gasteiger partial charge in [-0.1, -0.05) is 48.5 Å². The van der Waals surface area contributed by atoms with Gasteiger partial charge in [-0.2, -0.15) is 5.10 Å². The summed E-state index contributed by atoms with van der Waals surface area (Å²) in [5, 5.41) is 7.43. The summed E-state index contributed by atoms with van der Waals surface area (Å²) in [4.78, 5) is 29.0. The van der Waals surface area contributed by atoms with Gasteiger partial charge in [0, 0.05) is 11.6 Å². The molecule has 1 amide bonds. The summed E-state index contributed by atoms with van der Waals surface area (Å²) in [6.07, 6.45) is 0. The van der Waals surface area contributed by atoms with Gasteiger partial charge in [-0.15, -0.1) is 11.3 Å². The number of carbonyl (C=O) groups excluding carboxylic acids is 2. The van der Waals surface area contributed by atoms with Gasteiger partial charge in [-0.05, 0) is 19.1 Å². The Labute approximate surface area is 177 Å². The number of para-hydroxylation sites is 1. The van der Waals surface area contributed by atoms with Crippen LogP contribution in [-0.4, -0.2) is 33.2 Å². The minimum Gasteiger partial charge on any atom is -0.451 e. The van der Waals surface area contributed by atoms with E-state index in [1.54, 1.807) is 23.2 Å². The molecule has 0 radical (unpaired) electrons. The third-order valence-electron chi connectivity index (χ3n) is 4.31. The fourth-order valence-corrected chi connectivity index (χ4v) is 3.55. The molecule has 4 rings (SSSR count). The van der Waals surface area contributed by atoms with E-state index in [1.165, 1.54) is 11.3 Å². The molecule has 2 aromatic heterocycles. The number of anilines is 1. The van der Waals surface area contributed by atoms with Gasteiger partial charge in [0.2, 0.25) is 0 Å². The van der Waals surface area contributed by atoms with Crippen LogP contribution < -0.4 is 5.32 Å². The Balaban J connectivity index is 1.53. The molecule has 150 valence electrons. The number of nitrogens with one attached hydrogen (secondary N) is 1. The first-order valence-electron chi connectivity index (χ1n) is 9.20. The number of amides is 1. The van der Waals surface area contributed by atoms with Crippen LogP contribution in [0.3, 0.4) is 0 Å². The zero-order chi connectivity index (χ0) is 20.9. The van der Waals surface area contributed by atoms with Crippen LogP contribution >= 0.6 is 11.3 Å². The van der Waals surface area contributed by atoms with Crippen molar-refractivity contribution in [3.8, 4) is 16.9 Å². The van der Waals surface area contributed by atoms with Crippen molar-refractivity contribution in [3.63, 3.8) is 0 Å². The molecule has 0 aliphatic heterocycles. The number of aryl methyl sites for hydroxylation is 1. The van der Waals surface area contributed by atoms with Crippen LogP contribution in [0.2, 0.25) is 0 Å². The average molecular weight is 418 g/mol. The van der Waals surface area contributed by atoms with Gasteiger partial charge in [0.05, 0.1) is 22.6 Å². The Morgan fingerprint density at radius 3 is 2.43 bits per heavy atom. The van der Waals surface area contributed by atoms with Crippen LogP contribution in [0.25, 0.3) is 16.9 Å². The highest BCUT2D eigenvalue weighted by Gasteiger charge is 2.17. The Bertz CT molecular complexity index is 1170. The van der Waals surface area contributed by atoms with Crippen LogP contribution in [0.5, 0.6) is 0 Å². The summed E-state index contributed by atoms with van der Waals surface area (Å²) in [7, 11) is 0. The van der Waals surface area contributed by atoms with E-state index in [-0.39, 0.29) is 0 Å². The number of aromatic nitrogens is 3. The lowest BCUT2D eigenvalue weighted by molar-refractivity contribution is -0.119. The zero-order valence-electron chi connectivity index (χ0n) is 16.1. The molecule has 7 nitrogen and oxygen atoms in total. The second-order valence-corrected chi connectivity index (χ2v) is 7.27. The topological polar surface area (TPSA) is 86.1 Å². The first-order valence-corrected chi connectivity index (χ1v) is 10.1. The van der Waals surface area contributed by atoms with Crippen molar-refractivity contribution in [1.29, 1.82) is 0 Å². The largest absolute Gasteiger partial charge is 0.451 e. The van der Waals surface area contributed by atoms with Crippen LogP contribution in [0, 0.1) is 6.92 Å². The molecule has 2 heterocycles. The normalized spacial score (nSPS) is 10.6. The molecular weight excluding hydrogens is 400 g/mol. The first kappa shape index (κ1) is 19.5. The minimum atomic E-state index is -0.563. The van der Waals surface area contributed by atoms with E-state index in [1.807, 2.05) is 60.7 Å². The summed E-state index contributed by atoms with van der Waals surface area (Å²) < 4.78 is 6.78. The number of rotatable bonds is 6. The predicted octanol–water partition coefficient (Wildman–Crippen LogP) is 4.10. The lowest BCUT2D eigenvalue weighted by atomic mass is 10.2. The van der Waals surface area contributed by atoms with E-state index < -0.39 is 18.5 Å². The highest BCUT2D eigenvalue weighted by Crippen LogP contribution is 2.24. The molecule has 0 aliphatic rings. The second kappa shape index (κ2) is 8.71. The molecule has 0 aliphatic carbocycles. The number of thiazole rings is 1. The Morgan fingerprint density at radius 1 is 1.07 bits per heavy atom. The second-order valence-electron chi connectivity index (χ2n) is 6.42. The highest BCUT2D eigenvalue weighted by molar-refractivity contribution is 7.11. The fourth-order valence-electron chi connectivity index (χ4n) is 2.86. The average Bonchev–Trinajstić information content (AvgIpc) is 3.40. The molecule has 0 unspecified atom stereocenters. The minimum absolute atomic E-state index is 0.392. The van der Waals surface area contributed by atoms with Gasteiger partial charge in [0.15, 0.2) is 6.61 Å². The lowest BCUT2D eigenvalue weighted by Crippen LogP contribution is -2.22. The van der Waals surface area contributed by atoms with Crippen molar-refractivity contribution >= 4 is 29.0 Å². The van der Waals surface area contributed by atoms with Crippen molar-refractivity contribution in [2.24, 2.45) is 0 Å². The molecule has 0 spiro atoms. The Kier molecular flexibility index (Phi) is 5.67. The molecule has 8 heteroatoms. The van der Waals surface area contributed by atoms with Gasteiger partial charge < -0.3 is 10.1 Å². The van der Waals surface area contributed by atoms with Crippen molar-refractivity contribution in [2.45, 2.75) is 6.92 Å². The van der Waals surface area contributed by atoms with E-state index in [2.05, 4.69) is 15.4 Å². The quantitative estimate of drug-likeness (QED) is 0.477. The lowest BCUT2D eigenvalue weighted by Gasteiger charge is -2.09. The number of hydrogen-bond acceptors (Lipinski definition) is 6. The van der Waals surface area contributed by atoms with Crippen molar-refractivity contribution in [3.05, 3.63) is 82.8 Å². The highest BCUT2D eigenvalue weighted by atomic mass is 32.1. The summed E-state index contributed by atoms with van der Waals surface area (Å²) in [5.41, 5.74) is 4.59. The maximum Gasteiger partial charge on any atom is 0.350 e. The van der Waals surface area contributed by atoms with E-state index in [0.29, 0.717) is 22.1 Å². The summed E-state index contributed by atoms with van der Waals surface area (Å²) in [6.45, 7) is 1.31. The van der Waals surface area contributed by atoms with Gasteiger partial charge in [-0.3, -0.25) is 4.79 Å². The van der Waals surface area contributed by atoms with Gasteiger partial charge in [-0.25, -0.2) is 14.5 Å². The monoisotopic (exact) mass is 418 g/mol. The van der Waals surface area contributed by atoms with Gasteiger partial charge in [0.1, 0.15) is 10.7 Å². The number of carbonyl (C=O) groups is 2. The van der Waals surface area contributed by atoms with Gasteiger partial charge >= 0.3 is 5.97 Å². The van der Waals surface area contributed by atoms with Crippen molar-refractivity contribution < 1.29 is 14.3 Å². The summed E-state index contributed by atoms with van der Waals surface area (Å²) >= 11 is 1.18. The summed E-state index contributed by atoms with van der Waals surface area (Å²) in [5.74, 6) is -0.538.